The third-order valence-corrected chi connectivity index (χ3v) is 2.45. The number of rotatable bonds is 5. The standard InChI is InChI=1S/C15H22N2O4/c1-15(2,3)21-14(20)17-10-11-4-6-12(7-5-11)13(19)16-8-9-18/h4-7,18H,8-10H2,1-3H3,(H,16,19)(H,17,20). The van der Waals surface area contributed by atoms with E-state index in [-0.39, 0.29) is 19.1 Å². The van der Waals surface area contributed by atoms with Crippen LogP contribution >= 0.6 is 0 Å². The molecule has 0 radical (unpaired) electrons. The molecule has 3 N–H and O–H groups in total. The van der Waals surface area contributed by atoms with Crippen molar-refractivity contribution in [2.45, 2.75) is 32.9 Å². The van der Waals surface area contributed by atoms with Gasteiger partial charge in [-0.2, -0.15) is 0 Å². The summed E-state index contributed by atoms with van der Waals surface area (Å²) < 4.78 is 5.13. The van der Waals surface area contributed by atoms with Crippen molar-refractivity contribution in [2.24, 2.45) is 0 Å². The molecule has 0 bridgehead atoms. The van der Waals surface area contributed by atoms with Gasteiger partial charge in [-0.3, -0.25) is 4.79 Å². The molecule has 6 nitrogen and oxygen atoms in total. The minimum Gasteiger partial charge on any atom is -0.444 e. The Kier molecular flexibility index (Phi) is 6.17. The molecule has 1 aromatic carbocycles. The van der Waals surface area contributed by atoms with E-state index in [1.165, 1.54) is 0 Å². The van der Waals surface area contributed by atoms with E-state index in [1.807, 2.05) is 0 Å². The zero-order chi connectivity index (χ0) is 15.9. The molecule has 0 saturated carbocycles. The van der Waals surface area contributed by atoms with Gasteiger partial charge in [-0.25, -0.2) is 4.79 Å². The number of nitrogens with one attached hydrogen (secondary N) is 2. The first kappa shape index (κ1) is 17.0. The van der Waals surface area contributed by atoms with Gasteiger partial charge in [0, 0.05) is 18.7 Å². The van der Waals surface area contributed by atoms with E-state index in [4.69, 9.17) is 9.84 Å². The quantitative estimate of drug-likeness (QED) is 0.766. The van der Waals surface area contributed by atoms with E-state index in [9.17, 15) is 9.59 Å². The van der Waals surface area contributed by atoms with E-state index in [2.05, 4.69) is 10.6 Å². The van der Waals surface area contributed by atoms with Crippen molar-refractivity contribution >= 4 is 12.0 Å². The Morgan fingerprint density at radius 3 is 2.29 bits per heavy atom. The van der Waals surface area contributed by atoms with Crippen LogP contribution in [-0.2, 0) is 11.3 Å². The first-order chi connectivity index (χ1) is 9.81. The second-order valence-corrected chi connectivity index (χ2v) is 5.53. The molecule has 0 aliphatic heterocycles. The summed E-state index contributed by atoms with van der Waals surface area (Å²) >= 11 is 0. The van der Waals surface area contributed by atoms with Crippen LogP contribution in [-0.4, -0.2) is 35.9 Å². The maximum absolute atomic E-state index is 11.6. The van der Waals surface area contributed by atoms with E-state index >= 15 is 0 Å². The predicted molar refractivity (Wildman–Crippen MR) is 78.9 cm³/mol. The fourth-order valence-electron chi connectivity index (χ4n) is 1.53. The van der Waals surface area contributed by atoms with Crippen LogP contribution in [0.15, 0.2) is 24.3 Å². The van der Waals surface area contributed by atoms with Crippen molar-refractivity contribution in [1.29, 1.82) is 0 Å². The largest absolute Gasteiger partial charge is 0.444 e. The highest BCUT2D eigenvalue weighted by atomic mass is 16.6. The topological polar surface area (TPSA) is 87.7 Å². The molecule has 0 spiro atoms. The summed E-state index contributed by atoms with van der Waals surface area (Å²) in [7, 11) is 0. The van der Waals surface area contributed by atoms with Crippen LogP contribution in [0.4, 0.5) is 4.79 Å². The highest BCUT2D eigenvalue weighted by Gasteiger charge is 2.15. The fourth-order valence-corrected chi connectivity index (χ4v) is 1.53. The molecule has 0 aromatic heterocycles. The zero-order valence-corrected chi connectivity index (χ0v) is 12.6. The first-order valence-corrected chi connectivity index (χ1v) is 6.76. The van der Waals surface area contributed by atoms with Gasteiger partial charge < -0.3 is 20.5 Å². The van der Waals surface area contributed by atoms with Gasteiger partial charge in [0.1, 0.15) is 5.60 Å². The number of hydrogen-bond acceptors (Lipinski definition) is 4. The molecule has 2 amide bonds. The number of ether oxygens (including phenoxy) is 1. The van der Waals surface area contributed by atoms with Gasteiger partial charge in [0.05, 0.1) is 6.61 Å². The number of amides is 2. The monoisotopic (exact) mass is 294 g/mol. The number of alkyl carbamates (subject to hydrolysis) is 1. The minimum absolute atomic E-state index is 0.0936. The Balaban J connectivity index is 2.48. The van der Waals surface area contributed by atoms with E-state index in [0.29, 0.717) is 12.1 Å². The van der Waals surface area contributed by atoms with Crippen LogP contribution in [0.3, 0.4) is 0 Å². The molecule has 0 unspecified atom stereocenters. The van der Waals surface area contributed by atoms with E-state index in [0.717, 1.165) is 5.56 Å². The Morgan fingerprint density at radius 2 is 1.76 bits per heavy atom. The lowest BCUT2D eigenvalue weighted by atomic mass is 10.1. The highest BCUT2D eigenvalue weighted by Crippen LogP contribution is 2.08. The van der Waals surface area contributed by atoms with Gasteiger partial charge >= 0.3 is 6.09 Å². The molecule has 0 saturated heterocycles. The Morgan fingerprint density at radius 1 is 1.14 bits per heavy atom. The van der Waals surface area contributed by atoms with Gasteiger partial charge in [0.2, 0.25) is 0 Å². The van der Waals surface area contributed by atoms with Gasteiger partial charge in [0.25, 0.3) is 5.91 Å². The summed E-state index contributed by atoms with van der Waals surface area (Å²) in [4.78, 5) is 23.1. The fraction of sp³-hybridized carbons (Fsp3) is 0.467. The third kappa shape index (κ3) is 6.76. The van der Waals surface area contributed by atoms with Crippen molar-refractivity contribution in [3.05, 3.63) is 35.4 Å². The van der Waals surface area contributed by atoms with Gasteiger partial charge in [-0.15, -0.1) is 0 Å². The number of aliphatic hydroxyl groups is 1. The molecule has 0 atom stereocenters. The second-order valence-electron chi connectivity index (χ2n) is 5.53. The average molecular weight is 294 g/mol. The van der Waals surface area contributed by atoms with E-state index in [1.54, 1.807) is 45.0 Å². The molecule has 6 heteroatoms. The smallest absolute Gasteiger partial charge is 0.407 e. The van der Waals surface area contributed by atoms with E-state index < -0.39 is 11.7 Å². The van der Waals surface area contributed by atoms with Crippen LogP contribution in [0.1, 0.15) is 36.7 Å². The SMILES string of the molecule is CC(C)(C)OC(=O)NCc1ccc(C(=O)NCCO)cc1. The summed E-state index contributed by atoms with van der Waals surface area (Å²) in [6.07, 6.45) is -0.479. The molecule has 0 fully saturated rings. The molecule has 1 aromatic rings. The van der Waals surface area contributed by atoms with Gasteiger partial charge in [-0.05, 0) is 38.5 Å². The number of hydrogen-bond donors (Lipinski definition) is 3. The van der Waals surface area contributed by atoms with Crippen molar-refractivity contribution in [2.75, 3.05) is 13.2 Å². The second kappa shape index (κ2) is 7.64. The van der Waals surface area contributed by atoms with Crippen LogP contribution in [0.2, 0.25) is 0 Å². The molecule has 1 rings (SSSR count). The van der Waals surface area contributed by atoms with Gasteiger partial charge in [0.15, 0.2) is 0 Å². The molecular weight excluding hydrogens is 272 g/mol. The third-order valence-electron chi connectivity index (χ3n) is 2.45. The number of aliphatic hydroxyl groups excluding tert-OH is 1. The number of benzene rings is 1. The molecular formula is C15H22N2O4. The number of carbonyl (C=O) groups excluding carboxylic acids is 2. The Labute approximate surface area is 124 Å². The first-order valence-electron chi connectivity index (χ1n) is 6.76. The Hall–Kier alpha value is -2.08. The lowest BCUT2D eigenvalue weighted by molar-refractivity contribution is 0.0523. The van der Waals surface area contributed by atoms with Crippen LogP contribution < -0.4 is 10.6 Å². The minimum atomic E-state index is -0.529. The molecule has 116 valence electrons. The molecule has 0 aliphatic rings. The maximum Gasteiger partial charge on any atom is 0.407 e. The molecule has 21 heavy (non-hydrogen) atoms. The lowest BCUT2D eigenvalue weighted by Gasteiger charge is -2.19. The molecule has 0 aliphatic carbocycles. The Bertz CT molecular complexity index is 477. The summed E-state index contributed by atoms with van der Waals surface area (Å²) in [5, 5.41) is 13.9. The maximum atomic E-state index is 11.6. The molecule has 0 heterocycles. The predicted octanol–water partition coefficient (Wildman–Crippen LogP) is 1.43. The van der Waals surface area contributed by atoms with Crippen molar-refractivity contribution in [3.63, 3.8) is 0 Å². The van der Waals surface area contributed by atoms with Crippen LogP contribution in [0, 0.1) is 0 Å². The van der Waals surface area contributed by atoms with Gasteiger partial charge in [-0.1, -0.05) is 12.1 Å². The number of carbonyl (C=O) groups is 2. The van der Waals surface area contributed by atoms with Crippen molar-refractivity contribution in [1.82, 2.24) is 10.6 Å². The van der Waals surface area contributed by atoms with Crippen LogP contribution in [0.5, 0.6) is 0 Å². The lowest BCUT2D eigenvalue weighted by Crippen LogP contribution is -2.32. The summed E-state index contributed by atoms with van der Waals surface area (Å²) in [5.74, 6) is -0.240. The average Bonchev–Trinajstić information content (AvgIpc) is 2.41. The normalized spacial score (nSPS) is 10.9. The highest BCUT2D eigenvalue weighted by molar-refractivity contribution is 5.94. The van der Waals surface area contributed by atoms with Crippen LogP contribution in [0.25, 0.3) is 0 Å². The zero-order valence-electron chi connectivity index (χ0n) is 12.6. The summed E-state index contributed by atoms with van der Waals surface area (Å²) in [5.41, 5.74) is 0.836. The summed E-state index contributed by atoms with van der Waals surface area (Å²) in [6, 6.07) is 6.84. The summed E-state index contributed by atoms with van der Waals surface area (Å²) in [6.45, 7) is 5.85. The van der Waals surface area contributed by atoms with Crippen molar-refractivity contribution in [3.8, 4) is 0 Å². The van der Waals surface area contributed by atoms with Crippen molar-refractivity contribution < 1.29 is 19.4 Å².